The maximum atomic E-state index is 5.97. The van der Waals surface area contributed by atoms with Crippen LogP contribution in [0.15, 0.2) is 12.5 Å². The summed E-state index contributed by atoms with van der Waals surface area (Å²) in [6, 6.07) is 0.301. The standard InChI is InChI=1S/C11H16ClN3O/c1-8(5-9-3-2-4-16-9)15-11-10(12)6-13-7-14-11/h6-9H,2-5H2,1H3,(H,13,14,15). The second kappa shape index (κ2) is 5.46. The van der Waals surface area contributed by atoms with Crippen LogP contribution in [0.2, 0.25) is 5.02 Å². The van der Waals surface area contributed by atoms with Crippen LogP contribution in [0.25, 0.3) is 0 Å². The summed E-state index contributed by atoms with van der Waals surface area (Å²) < 4.78 is 5.59. The molecule has 16 heavy (non-hydrogen) atoms. The van der Waals surface area contributed by atoms with Crippen molar-refractivity contribution in [2.75, 3.05) is 11.9 Å². The first-order chi connectivity index (χ1) is 7.75. The SMILES string of the molecule is CC(CC1CCCO1)Nc1ncncc1Cl. The Morgan fingerprint density at radius 2 is 2.56 bits per heavy atom. The van der Waals surface area contributed by atoms with E-state index < -0.39 is 0 Å². The van der Waals surface area contributed by atoms with Gasteiger partial charge in [0, 0.05) is 12.6 Å². The number of hydrogen-bond acceptors (Lipinski definition) is 4. The number of nitrogens with one attached hydrogen (secondary N) is 1. The van der Waals surface area contributed by atoms with Crippen molar-refractivity contribution in [3.8, 4) is 0 Å². The van der Waals surface area contributed by atoms with Crippen LogP contribution in [0.5, 0.6) is 0 Å². The highest BCUT2D eigenvalue weighted by atomic mass is 35.5. The van der Waals surface area contributed by atoms with Crippen LogP contribution in [0.3, 0.4) is 0 Å². The zero-order chi connectivity index (χ0) is 11.4. The summed E-state index contributed by atoms with van der Waals surface area (Å²) in [6.45, 7) is 3.01. The molecule has 0 saturated carbocycles. The van der Waals surface area contributed by atoms with E-state index in [1.165, 1.54) is 12.7 Å². The minimum absolute atomic E-state index is 0.301. The molecule has 2 atom stereocenters. The predicted molar refractivity (Wildman–Crippen MR) is 63.7 cm³/mol. The van der Waals surface area contributed by atoms with Crippen molar-refractivity contribution in [2.24, 2.45) is 0 Å². The molecule has 1 aliphatic heterocycles. The largest absolute Gasteiger partial charge is 0.378 e. The van der Waals surface area contributed by atoms with Crippen molar-refractivity contribution in [1.29, 1.82) is 0 Å². The van der Waals surface area contributed by atoms with Gasteiger partial charge in [-0.25, -0.2) is 9.97 Å². The molecule has 5 heteroatoms. The van der Waals surface area contributed by atoms with E-state index in [2.05, 4.69) is 22.2 Å². The average molecular weight is 242 g/mol. The van der Waals surface area contributed by atoms with Gasteiger partial charge in [0.15, 0.2) is 0 Å². The maximum Gasteiger partial charge on any atom is 0.148 e. The first kappa shape index (κ1) is 11.6. The fourth-order valence-electron chi connectivity index (χ4n) is 1.94. The molecule has 0 amide bonds. The van der Waals surface area contributed by atoms with Gasteiger partial charge in [0.25, 0.3) is 0 Å². The van der Waals surface area contributed by atoms with E-state index in [-0.39, 0.29) is 0 Å². The fraction of sp³-hybridized carbons (Fsp3) is 0.636. The lowest BCUT2D eigenvalue weighted by molar-refractivity contribution is 0.101. The molecule has 1 N–H and O–H groups in total. The van der Waals surface area contributed by atoms with E-state index in [9.17, 15) is 0 Å². The fourth-order valence-corrected chi connectivity index (χ4v) is 2.10. The van der Waals surface area contributed by atoms with Crippen LogP contribution < -0.4 is 5.32 Å². The van der Waals surface area contributed by atoms with Crippen LogP contribution in [0.1, 0.15) is 26.2 Å². The molecular formula is C11H16ClN3O. The number of rotatable bonds is 4. The third-order valence-electron chi connectivity index (χ3n) is 2.69. The van der Waals surface area contributed by atoms with E-state index in [4.69, 9.17) is 16.3 Å². The zero-order valence-corrected chi connectivity index (χ0v) is 10.1. The van der Waals surface area contributed by atoms with E-state index >= 15 is 0 Å². The van der Waals surface area contributed by atoms with Crippen molar-refractivity contribution in [2.45, 2.75) is 38.3 Å². The van der Waals surface area contributed by atoms with Gasteiger partial charge in [0.2, 0.25) is 0 Å². The van der Waals surface area contributed by atoms with E-state index in [0.29, 0.717) is 23.0 Å². The van der Waals surface area contributed by atoms with Crippen LogP contribution in [-0.4, -0.2) is 28.7 Å². The van der Waals surface area contributed by atoms with Crippen molar-refractivity contribution >= 4 is 17.4 Å². The van der Waals surface area contributed by atoms with Crippen molar-refractivity contribution in [3.63, 3.8) is 0 Å². The van der Waals surface area contributed by atoms with Gasteiger partial charge in [-0.15, -0.1) is 0 Å². The summed E-state index contributed by atoms with van der Waals surface area (Å²) in [6.07, 6.45) is 6.78. The highest BCUT2D eigenvalue weighted by molar-refractivity contribution is 6.32. The molecule has 2 heterocycles. The summed E-state index contributed by atoms with van der Waals surface area (Å²) in [4.78, 5) is 7.95. The molecule has 0 spiro atoms. The molecule has 88 valence electrons. The van der Waals surface area contributed by atoms with Gasteiger partial charge >= 0.3 is 0 Å². The Kier molecular flexibility index (Phi) is 3.96. The quantitative estimate of drug-likeness (QED) is 0.880. The lowest BCUT2D eigenvalue weighted by atomic mass is 10.1. The number of hydrogen-bond donors (Lipinski definition) is 1. The highest BCUT2D eigenvalue weighted by Crippen LogP contribution is 2.21. The van der Waals surface area contributed by atoms with Crippen LogP contribution in [0.4, 0.5) is 5.82 Å². The van der Waals surface area contributed by atoms with Crippen LogP contribution >= 0.6 is 11.6 Å². The Balaban J connectivity index is 1.86. The average Bonchev–Trinajstić information content (AvgIpc) is 2.74. The summed E-state index contributed by atoms with van der Waals surface area (Å²) >= 11 is 5.97. The molecule has 1 aromatic rings. The molecule has 1 fully saturated rings. The van der Waals surface area contributed by atoms with Gasteiger partial charge < -0.3 is 10.1 Å². The molecular weight excluding hydrogens is 226 g/mol. The second-order valence-electron chi connectivity index (χ2n) is 4.14. The Morgan fingerprint density at radius 1 is 1.69 bits per heavy atom. The molecule has 0 aromatic carbocycles. The number of anilines is 1. The van der Waals surface area contributed by atoms with Gasteiger partial charge in [0.05, 0.1) is 12.3 Å². The molecule has 1 aromatic heterocycles. The Morgan fingerprint density at radius 3 is 3.25 bits per heavy atom. The predicted octanol–water partition coefficient (Wildman–Crippen LogP) is 2.50. The topological polar surface area (TPSA) is 47.0 Å². The summed E-state index contributed by atoms with van der Waals surface area (Å²) in [5, 5.41) is 3.83. The third kappa shape index (κ3) is 3.06. The van der Waals surface area contributed by atoms with E-state index in [0.717, 1.165) is 19.4 Å². The molecule has 4 nitrogen and oxygen atoms in total. The molecule has 0 radical (unpaired) electrons. The van der Waals surface area contributed by atoms with Crippen molar-refractivity contribution in [3.05, 3.63) is 17.5 Å². The molecule has 1 aliphatic rings. The number of halogens is 1. The monoisotopic (exact) mass is 241 g/mol. The van der Waals surface area contributed by atoms with Gasteiger partial charge in [-0.2, -0.15) is 0 Å². The molecule has 0 bridgehead atoms. The summed E-state index contributed by atoms with van der Waals surface area (Å²) in [5.74, 6) is 0.696. The normalized spacial score (nSPS) is 22.0. The van der Waals surface area contributed by atoms with E-state index in [1.807, 2.05) is 0 Å². The minimum Gasteiger partial charge on any atom is -0.378 e. The summed E-state index contributed by atoms with van der Waals surface area (Å²) in [7, 11) is 0. The Bertz CT molecular complexity index is 342. The Hall–Kier alpha value is -0.870. The smallest absolute Gasteiger partial charge is 0.148 e. The molecule has 2 unspecified atom stereocenters. The minimum atomic E-state index is 0.301. The number of ether oxygens (including phenoxy) is 1. The van der Waals surface area contributed by atoms with Crippen molar-refractivity contribution in [1.82, 2.24) is 9.97 Å². The van der Waals surface area contributed by atoms with Crippen LogP contribution in [0, 0.1) is 0 Å². The zero-order valence-electron chi connectivity index (χ0n) is 9.32. The lowest BCUT2D eigenvalue weighted by Crippen LogP contribution is -2.22. The lowest BCUT2D eigenvalue weighted by Gasteiger charge is -2.18. The van der Waals surface area contributed by atoms with E-state index in [1.54, 1.807) is 6.20 Å². The van der Waals surface area contributed by atoms with Gasteiger partial charge in [0.1, 0.15) is 17.2 Å². The number of aromatic nitrogens is 2. The summed E-state index contributed by atoms with van der Waals surface area (Å²) in [5.41, 5.74) is 0. The molecule has 1 saturated heterocycles. The second-order valence-corrected chi connectivity index (χ2v) is 4.54. The van der Waals surface area contributed by atoms with Gasteiger partial charge in [-0.05, 0) is 26.2 Å². The molecule has 0 aliphatic carbocycles. The molecule has 2 rings (SSSR count). The highest BCUT2D eigenvalue weighted by Gasteiger charge is 2.18. The van der Waals surface area contributed by atoms with Crippen LogP contribution in [-0.2, 0) is 4.74 Å². The first-order valence-corrected chi connectivity index (χ1v) is 5.97. The van der Waals surface area contributed by atoms with Gasteiger partial charge in [-0.3, -0.25) is 0 Å². The Labute approximate surface area is 100 Å². The number of nitrogens with zero attached hydrogens (tertiary/aromatic N) is 2. The van der Waals surface area contributed by atoms with Gasteiger partial charge in [-0.1, -0.05) is 11.6 Å². The van der Waals surface area contributed by atoms with Crippen molar-refractivity contribution < 1.29 is 4.74 Å². The third-order valence-corrected chi connectivity index (χ3v) is 2.97. The maximum absolute atomic E-state index is 5.97. The first-order valence-electron chi connectivity index (χ1n) is 5.59.